The third kappa shape index (κ3) is 3.67. The number of carbonyl (C=O) groups is 1. The fraction of sp³-hybridized carbons (Fsp3) is 0.300. The van der Waals surface area contributed by atoms with Crippen molar-refractivity contribution in [1.29, 1.82) is 0 Å². The summed E-state index contributed by atoms with van der Waals surface area (Å²) in [6.45, 7) is 0.935. The molecular weight excluding hydrogens is 369 g/mol. The van der Waals surface area contributed by atoms with E-state index in [4.69, 9.17) is 0 Å². The van der Waals surface area contributed by atoms with Gasteiger partial charge in [0.15, 0.2) is 5.65 Å². The molecule has 0 unspecified atom stereocenters. The van der Waals surface area contributed by atoms with Crippen molar-refractivity contribution >= 4 is 16.9 Å². The lowest BCUT2D eigenvalue weighted by Crippen LogP contribution is -2.38. The van der Waals surface area contributed by atoms with E-state index in [9.17, 15) is 18.0 Å². The normalized spacial score (nSPS) is 15.8. The SMILES string of the molecule is O=C(c1ccnc(C(F)(F)F)c1)N1CCC(c2ccc3cccnc3n2)CC1. The number of fused-ring (bicyclic) bond motifs is 1. The van der Waals surface area contributed by atoms with E-state index in [2.05, 4.69) is 15.0 Å². The number of rotatable bonds is 2. The fourth-order valence-corrected chi connectivity index (χ4v) is 3.47. The van der Waals surface area contributed by atoms with Crippen LogP contribution in [0.2, 0.25) is 0 Å². The second kappa shape index (κ2) is 7.18. The van der Waals surface area contributed by atoms with E-state index < -0.39 is 17.8 Å². The quantitative estimate of drug-likeness (QED) is 0.666. The smallest absolute Gasteiger partial charge is 0.339 e. The van der Waals surface area contributed by atoms with Crippen LogP contribution in [-0.4, -0.2) is 38.8 Å². The summed E-state index contributed by atoms with van der Waals surface area (Å²) < 4.78 is 38.5. The average Bonchev–Trinajstić information content (AvgIpc) is 2.72. The van der Waals surface area contributed by atoms with Gasteiger partial charge in [-0.05, 0) is 49.2 Å². The van der Waals surface area contributed by atoms with E-state index in [1.807, 2.05) is 24.3 Å². The van der Waals surface area contributed by atoms with Crippen molar-refractivity contribution in [2.24, 2.45) is 0 Å². The molecular formula is C20H17F3N4O. The average molecular weight is 386 g/mol. The molecule has 5 nitrogen and oxygen atoms in total. The van der Waals surface area contributed by atoms with Gasteiger partial charge in [0, 0.05) is 48.0 Å². The summed E-state index contributed by atoms with van der Waals surface area (Å²) in [5, 5.41) is 0.969. The molecule has 0 bridgehead atoms. The van der Waals surface area contributed by atoms with E-state index in [0.29, 0.717) is 31.6 Å². The first-order valence-corrected chi connectivity index (χ1v) is 8.96. The first-order valence-electron chi connectivity index (χ1n) is 8.96. The van der Waals surface area contributed by atoms with Gasteiger partial charge in [-0.3, -0.25) is 9.78 Å². The molecule has 144 valence electrons. The highest BCUT2D eigenvalue weighted by Crippen LogP contribution is 2.30. The highest BCUT2D eigenvalue weighted by atomic mass is 19.4. The van der Waals surface area contributed by atoms with Crippen LogP contribution in [-0.2, 0) is 6.18 Å². The Balaban J connectivity index is 1.45. The number of halogens is 3. The van der Waals surface area contributed by atoms with Gasteiger partial charge in [-0.2, -0.15) is 13.2 Å². The number of carbonyl (C=O) groups excluding carboxylic acids is 1. The Morgan fingerprint density at radius 2 is 1.82 bits per heavy atom. The van der Waals surface area contributed by atoms with E-state index in [1.54, 1.807) is 11.1 Å². The van der Waals surface area contributed by atoms with Crippen molar-refractivity contribution in [3.8, 4) is 0 Å². The first kappa shape index (κ1) is 18.3. The van der Waals surface area contributed by atoms with Crippen molar-refractivity contribution < 1.29 is 18.0 Å². The van der Waals surface area contributed by atoms with E-state index in [1.165, 1.54) is 6.07 Å². The van der Waals surface area contributed by atoms with E-state index in [0.717, 1.165) is 23.3 Å². The van der Waals surface area contributed by atoms with Crippen LogP contribution >= 0.6 is 0 Å². The number of amides is 1. The van der Waals surface area contributed by atoms with Crippen LogP contribution in [0.3, 0.4) is 0 Å². The summed E-state index contributed by atoms with van der Waals surface area (Å²) in [5.41, 5.74) is 0.575. The van der Waals surface area contributed by atoms with Crippen LogP contribution in [0.25, 0.3) is 11.0 Å². The van der Waals surface area contributed by atoms with E-state index in [-0.39, 0.29) is 11.5 Å². The molecule has 4 rings (SSSR count). The van der Waals surface area contributed by atoms with Gasteiger partial charge in [-0.15, -0.1) is 0 Å². The number of piperidine rings is 1. The number of pyridine rings is 3. The maximum absolute atomic E-state index is 12.8. The largest absolute Gasteiger partial charge is 0.433 e. The maximum atomic E-state index is 12.8. The predicted molar refractivity (Wildman–Crippen MR) is 96.7 cm³/mol. The second-order valence-corrected chi connectivity index (χ2v) is 6.78. The number of aromatic nitrogens is 3. The Labute approximate surface area is 159 Å². The molecule has 3 aromatic rings. The zero-order valence-electron chi connectivity index (χ0n) is 14.9. The molecule has 1 aliphatic heterocycles. The van der Waals surface area contributed by atoms with Crippen LogP contribution in [0.1, 0.15) is 40.5 Å². The lowest BCUT2D eigenvalue weighted by atomic mass is 9.92. The summed E-state index contributed by atoms with van der Waals surface area (Å²) in [6.07, 6.45) is -0.444. The van der Waals surface area contributed by atoms with Crippen molar-refractivity contribution in [3.63, 3.8) is 0 Å². The number of nitrogens with zero attached hydrogens (tertiary/aromatic N) is 4. The minimum absolute atomic E-state index is 0.00815. The third-order valence-corrected chi connectivity index (χ3v) is 4.98. The Morgan fingerprint density at radius 1 is 1.04 bits per heavy atom. The number of hydrogen-bond acceptors (Lipinski definition) is 4. The molecule has 0 aromatic carbocycles. The van der Waals surface area contributed by atoms with Crippen molar-refractivity contribution in [1.82, 2.24) is 19.9 Å². The molecule has 1 amide bonds. The molecule has 1 fully saturated rings. The molecule has 28 heavy (non-hydrogen) atoms. The number of hydrogen-bond donors (Lipinski definition) is 0. The molecule has 0 N–H and O–H groups in total. The molecule has 0 spiro atoms. The fourth-order valence-electron chi connectivity index (χ4n) is 3.47. The number of likely N-dealkylation sites (tertiary alicyclic amines) is 1. The van der Waals surface area contributed by atoms with Gasteiger partial charge >= 0.3 is 6.18 Å². The van der Waals surface area contributed by atoms with Gasteiger partial charge in [0.05, 0.1) is 0 Å². The number of alkyl halides is 3. The van der Waals surface area contributed by atoms with E-state index >= 15 is 0 Å². The maximum Gasteiger partial charge on any atom is 0.433 e. The van der Waals surface area contributed by atoms with Crippen LogP contribution < -0.4 is 0 Å². The Hall–Kier alpha value is -3.03. The lowest BCUT2D eigenvalue weighted by Gasteiger charge is -2.32. The highest BCUT2D eigenvalue weighted by molar-refractivity contribution is 5.94. The Kier molecular flexibility index (Phi) is 4.70. The zero-order chi connectivity index (χ0) is 19.7. The van der Waals surface area contributed by atoms with Gasteiger partial charge in [0.1, 0.15) is 5.69 Å². The van der Waals surface area contributed by atoms with Gasteiger partial charge in [-0.25, -0.2) is 9.97 Å². The topological polar surface area (TPSA) is 59.0 Å². The predicted octanol–water partition coefficient (Wildman–Crippen LogP) is 4.06. The van der Waals surface area contributed by atoms with Gasteiger partial charge in [0.25, 0.3) is 5.91 Å². The molecule has 3 aromatic heterocycles. The molecule has 0 atom stereocenters. The Morgan fingerprint density at radius 3 is 2.57 bits per heavy atom. The molecule has 0 aliphatic carbocycles. The summed E-state index contributed by atoms with van der Waals surface area (Å²) >= 11 is 0. The molecule has 0 radical (unpaired) electrons. The molecule has 8 heteroatoms. The molecule has 1 aliphatic rings. The molecule has 1 saturated heterocycles. The second-order valence-electron chi connectivity index (χ2n) is 6.78. The molecule has 0 saturated carbocycles. The minimum atomic E-state index is -4.57. The van der Waals surface area contributed by atoms with Crippen LogP contribution in [0, 0.1) is 0 Å². The standard InChI is InChI=1S/C20H17F3N4O/c21-20(22,23)17-12-15(5-9-24-17)19(28)27-10-6-13(7-11-27)16-4-3-14-2-1-8-25-18(14)26-16/h1-5,8-9,12-13H,6-7,10-11H2. The monoisotopic (exact) mass is 386 g/mol. The summed E-state index contributed by atoms with van der Waals surface area (Å²) in [7, 11) is 0. The van der Waals surface area contributed by atoms with Crippen molar-refractivity contribution in [2.75, 3.05) is 13.1 Å². The van der Waals surface area contributed by atoms with Crippen molar-refractivity contribution in [3.05, 3.63) is 65.7 Å². The van der Waals surface area contributed by atoms with Gasteiger partial charge in [-0.1, -0.05) is 0 Å². The first-order chi connectivity index (χ1) is 13.4. The highest BCUT2D eigenvalue weighted by Gasteiger charge is 2.33. The summed E-state index contributed by atoms with van der Waals surface area (Å²) in [6, 6.07) is 9.90. The van der Waals surface area contributed by atoms with Gasteiger partial charge < -0.3 is 4.90 Å². The van der Waals surface area contributed by atoms with Crippen LogP contribution in [0.15, 0.2) is 48.8 Å². The molecule has 4 heterocycles. The third-order valence-electron chi connectivity index (χ3n) is 4.98. The van der Waals surface area contributed by atoms with Crippen LogP contribution in [0.4, 0.5) is 13.2 Å². The van der Waals surface area contributed by atoms with Crippen molar-refractivity contribution in [2.45, 2.75) is 24.9 Å². The van der Waals surface area contributed by atoms with Gasteiger partial charge in [0.2, 0.25) is 0 Å². The lowest BCUT2D eigenvalue weighted by molar-refractivity contribution is -0.141. The zero-order valence-corrected chi connectivity index (χ0v) is 14.9. The Bertz CT molecular complexity index is 1010. The van der Waals surface area contributed by atoms with Crippen LogP contribution in [0.5, 0.6) is 0 Å². The minimum Gasteiger partial charge on any atom is -0.339 e. The summed E-state index contributed by atoms with van der Waals surface area (Å²) in [4.78, 5) is 26.4. The summed E-state index contributed by atoms with van der Waals surface area (Å²) in [5.74, 6) is -0.210.